The van der Waals surface area contributed by atoms with Gasteiger partial charge in [-0.15, -0.1) is 0 Å². The molecule has 0 bridgehead atoms. The number of carbonyl (C=O) groups excluding carboxylic acids is 1. The Morgan fingerprint density at radius 2 is 1.37 bits per heavy atom. The molecule has 7 nitrogen and oxygen atoms in total. The van der Waals surface area contributed by atoms with Crippen LogP contribution in [-0.4, -0.2) is 17.1 Å². The molecule has 0 amide bonds. The number of hydrogen-bond donors (Lipinski definition) is 1. The van der Waals surface area contributed by atoms with Crippen LogP contribution in [0, 0.1) is 0 Å². The highest BCUT2D eigenvalue weighted by Crippen LogP contribution is 2.24. The zero-order valence-electron chi connectivity index (χ0n) is 18.2. The second-order valence-corrected chi connectivity index (χ2v) is 7.63. The fraction of sp³-hybridized carbons (Fsp3) is 0. The van der Waals surface area contributed by atoms with E-state index < -0.39 is 17.0 Å². The van der Waals surface area contributed by atoms with Crippen LogP contribution in [0.25, 0.3) is 27.7 Å². The first-order chi connectivity index (χ1) is 17.0. The number of Topliss-reactive ketones (excluding diaryl/α,β-unsaturated/α-hetero) is 1. The molecule has 1 N–H and O–H groups in total. The van der Waals surface area contributed by atoms with Gasteiger partial charge >= 0.3 is 11.3 Å². The number of hydrogen-bond acceptors (Lipinski definition) is 7. The van der Waals surface area contributed by atoms with Gasteiger partial charge in [0.25, 0.3) is 0 Å². The van der Waals surface area contributed by atoms with Crippen molar-refractivity contribution in [2.24, 2.45) is 4.99 Å². The summed E-state index contributed by atoms with van der Waals surface area (Å²) in [5, 5.41) is 11.4. The molecular formula is C28H17NO6. The molecule has 3 aromatic carbocycles. The molecule has 0 fully saturated rings. The molecule has 7 heteroatoms. The second kappa shape index (κ2) is 9.07. The van der Waals surface area contributed by atoms with E-state index in [0.717, 1.165) is 6.21 Å². The van der Waals surface area contributed by atoms with Gasteiger partial charge in [-0.2, -0.15) is 0 Å². The summed E-state index contributed by atoms with van der Waals surface area (Å²) in [5.41, 5.74) is -0.756. The first kappa shape index (κ1) is 21.8. The van der Waals surface area contributed by atoms with Crippen LogP contribution in [0.5, 0.6) is 0 Å². The summed E-state index contributed by atoms with van der Waals surface area (Å²) < 4.78 is 10.7. The minimum absolute atomic E-state index is 0.0302. The minimum atomic E-state index is -0.810. The van der Waals surface area contributed by atoms with E-state index >= 15 is 0 Å². The molecule has 5 aromatic rings. The van der Waals surface area contributed by atoms with Crippen molar-refractivity contribution in [3.8, 4) is 0 Å². The number of allylic oxidation sites excluding steroid dienone is 1. The lowest BCUT2D eigenvalue weighted by Crippen LogP contribution is -2.09. The van der Waals surface area contributed by atoms with E-state index in [-0.39, 0.29) is 33.6 Å². The normalized spacial score (nSPS) is 12.2. The molecule has 2 aromatic heterocycles. The SMILES string of the molecule is O=C(/C(C=Nc1cc2c(=O)oc3ccccc3c2oc1=O)=C(/O)c1ccccc1)c1ccccc1. The highest BCUT2D eigenvalue weighted by atomic mass is 16.4. The second-order valence-electron chi connectivity index (χ2n) is 7.63. The number of ketones is 1. The maximum atomic E-state index is 13.2. The highest BCUT2D eigenvalue weighted by Gasteiger charge is 2.18. The van der Waals surface area contributed by atoms with Gasteiger partial charge in [-0.05, 0) is 18.2 Å². The fourth-order valence-corrected chi connectivity index (χ4v) is 3.66. The number of aliphatic hydroxyl groups is 1. The summed E-state index contributed by atoms with van der Waals surface area (Å²) in [6.45, 7) is 0. The molecule has 5 rings (SSSR count). The summed E-state index contributed by atoms with van der Waals surface area (Å²) >= 11 is 0. The maximum Gasteiger partial charge on any atom is 0.362 e. The molecule has 0 radical (unpaired) electrons. The van der Waals surface area contributed by atoms with Crippen LogP contribution < -0.4 is 11.3 Å². The molecular weight excluding hydrogens is 446 g/mol. The van der Waals surface area contributed by atoms with Crippen molar-refractivity contribution in [1.82, 2.24) is 0 Å². The molecule has 0 aliphatic carbocycles. The Morgan fingerprint density at radius 1 is 0.743 bits per heavy atom. The molecule has 0 aliphatic heterocycles. The van der Waals surface area contributed by atoms with Crippen LogP contribution in [-0.2, 0) is 0 Å². The number of rotatable bonds is 5. The fourth-order valence-electron chi connectivity index (χ4n) is 3.66. The van der Waals surface area contributed by atoms with Gasteiger partial charge in [0.1, 0.15) is 22.4 Å². The van der Waals surface area contributed by atoms with Crippen LogP contribution in [0.15, 0.2) is 120 Å². The van der Waals surface area contributed by atoms with Gasteiger partial charge in [-0.3, -0.25) is 4.79 Å². The number of aliphatic hydroxyl groups excluding tert-OH is 1. The Balaban J connectivity index is 1.66. The van der Waals surface area contributed by atoms with Crippen molar-refractivity contribution in [1.29, 1.82) is 0 Å². The first-order valence-corrected chi connectivity index (χ1v) is 10.6. The summed E-state index contributed by atoms with van der Waals surface area (Å²) in [6, 6.07) is 24.8. The Kier molecular flexibility index (Phi) is 5.65. The van der Waals surface area contributed by atoms with Gasteiger partial charge in [0.05, 0.1) is 11.0 Å². The average Bonchev–Trinajstić information content (AvgIpc) is 2.90. The van der Waals surface area contributed by atoms with E-state index in [1.807, 2.05) is 0 Å². The molecule has 0 saturated carbocycles. The van der Waals surface area contributed by atoms with Crippen molar-refractivity contribution in [2.45, 2.75) is 0 Å². The zero-order chi connectivity index (χ0) is 24.4. The number of carbonyl (C=O) groups is 1. The summed E-state index contributed by atoms with van der Waals surface area (Å²) in [7, 11) is 0. The van der Waals surface area contributed by atoms with Crippen LogP contribution in [0.3, 0.4) is 0 Å². The van der Waals surface area contributed by atoms with Crippen molar-refractivity contribution < 1.29 is 18.7 Å². The van der Waals surface area contributed by atoms with Crippen LogP contribution in [0.1, 0.15) is 15.9 Å². The van der Waals surface area contributed by atoms with Crippen LogP contribution in [0.2, 0.25) is 0 Å². The monoisotopic (exact) mass is 463 g/mol. The van der Waals surface area contributed by atoms with Crippen molar-refractivity contribution in [3.63, 3.8) is 0 Å². The van der Waals surface area contributed by atoms with Gasteiger partial charge in [-0.25, -0.2) is 14.6 Å². The third-order valence-corrected chi connectivity index (χ3v) is 5.40. The molecule has 35 heavy (non-hydrogen) atoms. The molecule has 0 unspecified atom stereocenters. The Morgan fingerprint density at radius 3 is 2.09 bits per heavy atom. The zero-order valence-corrected chi connectivity index (χ0v) is 18.2. The Hall–Kier alpha value is -5.04. The topological polar surface area (TPSA) is 110 Å². The van der Waals surface area contributed by atoms with Crippen LogP contribution >= 0.6 is 0 Å². The smallest absolute Gasteiger partial charge is 0.362 e. The molecule has 0 atom stereocenters. The number of para-hydroxylation sites is 1. The largest absolute Gasteiger partial charge is 0.506 e. The summed E-state index contributed by atoms with van der Waals surface area (Å²) in [6.07, 6.45) is 1.10. The summed E-state index contributed by atoms with van der Waals surface area (Å²) in [5.74, 6) is -0.801. The van der Waals surface area contributed by atoms with E-state index in [1.54, 1.807) is 84.9 Å². The average molecular weight is 463 g/mol. The predicted molar refractivity (Wildman–Crippen MR) is 133 cm³/mol. The van der Waals surface area contributed by atoms with Crippen molar-refractivity contribution >= 4 is 45.4 Å². The maximum absolute atomic E-state index is 13.2. The van der Waals surface area contributed by atoms with Gasteiger partial charge in [0, 0.05) is 17.3 Å². The quantitative estimate of drug-likeness (QED) is 0.0926. The van der Waals surface area contributed by atoms with Gasteiger partial charge < -0.3 is 13.9 Å². The number of aliphatic imine (C=N–C) groups is 1. The lowest BCUT2D eigenvalue weighted by molar-refractivity contribution is 0.104. The van der Waals surface area contributed by atoms with E-state index in [0.29, 0.717) is 16.5 Å². The third-order valence-electron chi connectivity index (χ3n) is 5.40. The standard InChI is InChI=1S/C28H17NO6/c30-24(17-9-3-1-4-10-17)21(25(31)18-11-5-2-6-12-18)16-29-22-15-20-26(35-28(22)33)19-13-7-8-14-23(19)34-27(20)32/h1-16,30H/b24-21+,29-16?. The molecule has 0 saturated heterocycles. The van der Waals surface area contributed by atoms with Gasteiger partial charge in [0.15, 0.2) is 11.4 Å². The van der Waals surface area contributed by atoms with E-state index in [4.69, 9.17) is 8.83 Å². The van der Waals surface area contributed by atoms with Gasteiger partial charge in [0.2, 0.25) is 0 Å². The molecule has 2 heterocycles. The lowest BCUT2D eigenvalue weighted by atomic mass is 10.00. The molecule has 0 spiro atoms. The predicted octanol–water partition coefficient (Wildman–Crippen LogP) is 5.45. The number of fused-ring (bicyclic) bond motifs is 3. The Labute approximate surface area is 197 Å². The van der Waals surface area contributed by atoms with E-state index in [2.05, 4.69) is 4.99 Å². The Bertz CT molecular complexity index is 1750. The highest BCUT2D eigenvalue weighted by molar-refractivity contribution is 6.25. The number of nitrogens with zero attached hydrogens (tertiary/aromatic N) is 1. The molecule has 0 aliphatic rings. The number of benzene rings is 3. The lowest BCUT2D eigenvalue weighted by Gasteiger charge is -2.07. The van der Waals surface area contributed by atoms with Crippen LogP contribution in [0.4, 0.5) is 5.69 Å². The first-order valence-electron chi connectivity index (χ1n) is 10.6. The van der Waals surface area contributed by atoms with E-state index in [1.165, 1.54) is 6.07 Å². The van der Waals surface area contributed by atoms with Crippen molar-refractivity contribution in [2.75, 3.05) is 0 Å². The summed E-state index contributed by atoms with van der Waals surface area (Å²) in [4.78, 5) is 42.5. The third kappa shape index (κ3) is 4.18. The van der Waals surface area contributed by atoms with Gasteiger partial charge in [-0.1, -0.05) is 72.8 Å². The molecule has 170 valence electrons. The minimum Gasteiger partial charge on any atom is -0.506 e. The van der Waals surface area contributed by atoms with E-state index in [9.17, 15) is 19.5 Å². The van der Waals surface area contributed by atoms with Crippen molar-refractivity contribution in [3.05, 3.63) is 129 Å².